The van der Waals surface area contributed by atoms with E-state index in [9.17, 15) is 9.90 Å². The number of piperazine rings is 1. The maximum Gasteiger partial charge on any atom is 0.236 e. The van der Waals surface area contributed by atoms with Crippen LogP contribution in [0.4, 0.5) is 0 Å². The molecule has 0 bridgehead atoms. The molecule has 3 aliphatic rings. The fourth-order valence-electron chi connectivity index (χ4n) is 4.81. The van der Waals surface area contributed by atoms with Gasteiger partial charge in [-0.05, 0) is 42.9 Å². The molecule has 8 nitrogen and oxygen atoms in total. The first-order valence-corrected chi connectivity index (χ1v) is 11.5. The number of ether oxygens (including phenoxy) is 1. The number of guanidine groups is 1. The number of hydrogen-bond acceptors (Lipinski definition) is 5. The zero-order chi connectivity index (χ0) is 21.6. The predicted octanol–water partition coefficient (Wildman–Crippen LogP) is 1.44. The van der Waals surface area contributed by atoms with Crippen molar-refractivity contribution in [3.05, 3.63) is 28.8 Å². The third-order valence-electron chi connectivity index (χ3n) is 6.66. The van der Waals surface area contributed by atoms with E-state index >= 15 is 0 Å². The second-order valence-corrected chi connectivity index (χ2v) is 8.57. The van der Waals surface area contributed by atoms with Gasteiger partial charge in [-0.15, -0.1) is 24.0 Å². The Hall–Kier alpha value is -1.59. The van der Waals surface area contributed by atoms with Gasteiger partial charge >= 0.3 is 0 Å². The van der Waals surface area contributed by atoms with Gasteiger partial charge in [-0.1, -0.05) is 6.07 Å². The highest BCUT2D eigenvalue weighted by atomic mass is 127. The minimum Gasteiger partial charge on any atom is -0.508 e. The van der Waals surface area contributed by atoms with Crippen molar-refractivity contribution < 1.29 is 14.6 Å². The Morgan fingerprint density at radius 1 is 1.06 bits per heavy atom. The molecule has 2 heterocycles. The molecule has 0 radical (unpaired) electrons. The Kier molecular flexibility index (Phi) is 9.42. The summed E-state index contributed by atoms with van der Waals surface area (Å²) in [6, 6.07) is 3.90. The lowest BCUT2D eigenvalue weighted by Gasteiger charge is -2.37. The number of aryl methyl sites for hydroxylation is 1. The fraction of sp³-hybridized carbons (Fsp3) is 0.652. The fourth-order valence-corrected chi connectivity index (χ4v) is 4.81. The minimum atomic E-state index is 0. The Morgan fingerprint density at radius 2 is 1.78 bits per heavy atom. The number of carbonyl (C=O) groups is 1. The molecule has 1 amide bonds. The highest BCUT2D eigenvalue weighted by molar-refractivity contribution is 14.0. The number of nitrogens with zero attached hydrogens (tertiary/aromatic N) is 4. The average molecular weight is 557 g/mol. The number of carbonyl (C=O) groups excluding carboxylic acids is 1. The van der Waals surface area contributed by atoms with Gasteiger partial charge in [0.25, 0.3) is 0 Å². The highest BCUT2D eigenvalue weighted by Crippen LogP contribution is 2.30. The van der Waals surface area contributed by atoms with Crippen molar-refractivity contribution in [2.75, 3.05) is 66.1 Å². The van der Waals surface area contributed by atoms with Crippen LogP contribution in [0, 0.1) is 0 Å². The number of phenols is 1. The van der Waals surface area contributed by atoms with Crippen molar-refractivity contribution in [1.29, 1.82) is 0 Å². The number of fused-ring (bicyclic) bond motifs is 1. The zero-order valence-electron chi connectivity index (χ0n) is 19.0. The summed E-state index contributed by atoms with van der Waals surface area (Å²) in [5, 5.41) is 13.9. The minimum absolute atomic E-state index is 0. The number of morpholine rings is 1. The molecule has 0 atom stereocenters. The maximum absolute atomic E-state index is 12.5. The summed E-state index contributed by atoms with van der Waals surface area (Å²) < 4.78 is 5.34. The summed E-state index contributed by atoms with van der Waals surface area (Å²) in [7, 11) is 1.80. The van der Waals surface area contributed by atoms with E-state index in [1.54, 1.807) is 7.05 Å². The van der Waals surface area contributed by atoms with Crippen LogP contribution in [-0.2, 0) is 28.9 Å². The molecule has 0 saturated carbocycles. The van der Waals surface area contributed by atoms with Gasteiger partial charge in [0.05, 0.1) is 19.8 Å². The summed E-state index contributed by atoms with van der Waals surface area (Å²) in [5.41, 5.74) is 3.68. The molecule has 1 aromatic carbocycles. The third-order valence-corrected chi connectivity index (χ3v) is 6.66. The smallest absolute Gasteiger partial charge is 0.236 e. The van der Waals surface area contributed by atoms with Crippen molar-refractivity contribution in [2.45, 2.75) is 32.2 Å². The van der Waals surface area contributed by atoms with E-state index in [2.05, 4.69) is 26.2 Å². The summed E-state index contributed by atoms with van der Waals surface area (Å²) in [5.74, 6) is 1.42. The van der Waals surface area contributed by atoms with Crippen molar-refractivity contribution in [2.24, 2.45) is 4.99 Å². The molecule has 0 spiro atoms. The van der Waals surface area contributed by atoms with E-state index in [0.717, 1.165) is 50.5 Å². The topological polar surface area (TPSA) is 80.6 Å². The van der Waals surface area contributed by atoms with Crippen LogP contribution in [0.1, 0.15) is 29.5 Å². The lowest BCUT2D eigenvalue weighted by atomic mass is 9.88. The summed E-state index contributed by atoms with van der Waals surface area (Å²) in [6.45, 7) is 7.07. The molecule has 1 aliphatic carbocycles. The Morgan fingerprint density at radius 3 is 2.50 bits per heavy atom. The van der Waals surface area contributed by atoms with Gasteiger partial charge in [-0.3, -0.25) is 14.7 Å². The van der Waals surface area contributed by atoms with E-state index in [-0.39, 0.29) is 29.9 Å². The van der Waals surface area contributed by atoms with Gasteiger partial charge in [0, 0.05) is 58.4 Å². The zero-order valence-corrected chi connectivity index (χ0v) is 21.3. The van der Waals surface area contributed by atoms with Crippen molar-refractivity contribution >= 4 is 35.8 Å². The molecule has 0 aromatic heterocycles. The standard InChI is InChI=1S/C23H35N5O3.HI/c1-24-23(25-16-20-19-5-3-2-4-18(19)6-7-21(20)29)28-10-8-26(9-11-28)17-22(30)27-12-14-31-15-13-27;/h6-7,29H,2-5,8-17H2,1H3,(H,24,25);1H. The molecular formula is C23H36IN5O3. The lowest BCUT2D eigenvalue weighted by molar-refractivity contribution is -0.136. The molecule has 2 saturated heterocycles. The van der Waals surface area contributed by atoms with E-state index in [1.807, 2.05) is 11.0 Å². The molecule has 2 aliphatic heterocycles. The van der Waals surface area contributed by atoms with Gasteiger partial charge in [0.2, 0.25) is 5.91 Å². The van der Waals surface area contributed by atoms with Crippen LogP contribution in [0.3, 0.4) is 0 Å². The van der Waals surface area contributed by atoms with Crippen LogP contribution in [-0.4, -0.2) is 97.7 Å². The molecule has 4 rings (SSSR count). The molecule has 9 heteroatoms. The number of benzene rings is 1. The van der Waals surface area contributed by atoms with Crippen LogP contribution in [0.15, 0.2) is 17.1 Å². The monoisotopic (exact) mass is 557 g/mol. The first-order valence-electron chi connectivity index (χ1n) is 11.5. The number of phenolic OH excluding ortho intramolecular Hbond substituents is 1. The quantitative estimate of drug-likeness (QED) is 0.332. The summed E-state index contributed by atoms with van der Waals surface area (Å²) in [4.78, 5) is 23.3. The van der Waals surface area contributed by atoms with Crippen molar-refractivity contribution in [3.8, 4) is 5.75 Å². The van der Waals surface area contributed by atoms with Gasteiger partial charge in [-0.25, -0.2) is 0 Å². The second-order valence-electron chi connectivity index (χ2n) is 8.57. The molecule has 1 aromatic rings. The Labute approximate surface area is 208 Å². The molecule has 0 unspecified atom stereocenters. The average Bonchev–Trinajstić information content (AvgIpc) is 2.82. The predicted molar refractivity (Wildman–Crippen MR) is 136 cm³/mol. The Bertz CT molecular complexity index is 805. The third kappa shape index (κ3) is 6.05. The summed E-state index contributed by atoms with van der Waals surface area (Å²) >= 11 is 0. The van der Waals surface area contributed by atoms with E-state index in [1.165, 1.54) is 24.0 Å². The van der Waals surface area contributed by atoms with Crippen LogP contribution >= 0.6 is 24.0 Å². The first kappa shape index (κ1) is 25.0. The van der Waals surface area contributed by atoms with Gasteiger partial charge < -0.3 is 25.0 Å². The van der Waals surface area contributed by atoms with E-state index in [0.29, 0.717) is 45.1 Å². The highest BCUT2D eigenvalue weighted by Gasteiger charge is 2.24. The number of rotatable bonds is 4. The van der Waals surface area contributed by atoms with Crippen molar-refractivity contribution in [3.63, 3.8) is 0 Å². The molecule has 2 fully saturated rings. The number of aliphatic imine (C=N–C) groups is 1. The van der Waals surface area contributed by atoms with Gasteiger partial charge in [0.15, 0.2) is 5.96 Å². The molecular weight excluding hydrogens is 521 g/mol. The van der Waals surface area contributed by atoms with Crippen LogP contribution in [0.2, 0.25) is 0 Å². The largest absolute Gasteiger partial charge is 0.508 e. The number of aromatic hydroxyl groups is 1. The SMILES string of the molecule is CN=C(NCc1c(O)ccc2c1CCCC2)N1CCN(CC(=O)N2CCOCC2)CC1.I. The van der Waals surface area contributed by atoms with Crippen molar-refractivity contribution in [1.82, 2.24) is 20.0 Å². The number of halogens is 1. The van der Waals surface area contributed by atoms with Crippen LogP contribution in [0.5, 0.6) is 5.75 Å². The first-order chi connectivity index (χ1) is 15.2. The molecule has 2 N–H and O–H groups in total. The summed E-state index contributed by atoms with van der Waals surface area (Å²) in [6.07, 6.45) is 4.55. The lowest BCUT2D eigenvalue weighted by Crippen LogP contribution is -2.54. The maximum atomic E-state index is 12.5. The van der Waals surface area contributed by atoms with Gasteiger partial charge in [-0.2, -0.15) is 0 Å². The molecule has 32 heavy (non-hydrogen) atoms. The van der Waals surface area contributed by atoms with Crippen LogP contribution < -0.4 is 5.32 Å². The molecule has 178 valence electrons. The Balaban J connectivity index is 0.00000289. The van der Waals surface area contributed by atoms with E-state index in [4.69, 9.17) is 4.74 Å². The van der Waals surface area contributed by atoms with Crippen LogP contribution in [0.25, 0.3) is 0 Å². The number of nitrogens with one attached hydrogen (secondary N) is 1. The van der Waals surface area contributed by atoms with E-state index < -0.39 is 0 Å². The second kappa shape index (κ2) is 12.0. The number of amides is 1. The normalized spacial score (nSPS) is 19.8. The van der Waals surface area contributed by atoms with Gasteiger partial charge in [0.1, 0.15) is 5.75 Å². The number of hydrogen-bond donors (Lipinski definition) is 2.